The Hall–Kier alpha value is -2.83. The second-order valence-electron chi connectivity index (χ2n) is 8.40. The topological polar surface area (TPSA) is 87.3 Å². The number of aryl methyl sites for hydroxylation is 2. The Balaban J connectivity index is 1.54. The minimum absolute atomic E-state index is 0.0616. The summed E-state index contributed by atoms with van der Waals surface area (Å²) in [4.78, 5) is 26.3. The maximum Gasteiger partial charge on any atom is 0.410 e. The number of benzene rings is 1. The summed E-state index contributed by atoms with van der Waals surface area (Å²) >= 11 is 0. The number of nitrogens with one attached hydrogen (secondary N) is 2. The number of hydrogen-bond acceptors (Lipinski definition) is 4. The van der Waals surface area contributed by atoms with E-state index in [0.29, 0.717) is 38.2 Å². The lowest BCUT2D eigenvalue weighted by atomic mass is 10.1. The third-order valence-electron chi connectivity index (χ3n) is 4.91. The molecule has 2 N–H and O–H groups in total. The summed E-state index contributed by atoms with van der Waals surface area (Å²) in [5, 5.41) is 10.1. The van der Waals surface area contributed by atoms with Gasteiger partial charge in [-0.05, 0) is 51.2 Å². The van der Waals surface area contributed by atoms with E-state index in [9.17, 15) is 9.59 Å². The predicted molar refractivity (Wildman–Crippen MR) is 112 cm³/mol. The van der Waals surface area contributed by atoms with Crippen LogP contribution in [0.25, 0.3) is 0 Å². The molecule has 0 fully saturated rings. The quantitative estimate of drug-likeness (QED) is 0.801. The predicted octanol–water partition coefficient (Wildman–Crippen LogP) is 3.84. The average Bonchev–Trinajstić information content (AvgIpc) is 3.07. The number of nitrogens with zero attached hydrogens (tertiary/aromatic N) is 2. The Labute approximate surface area is 171 Å². The molecule has 1 aliphatic heterocycles. The van der Waals surface area contributed by atoms with Crippen LogP contribution in [0.3, 0.4) is 0 Å². The van der Waals surface area contributed by atoms with Gasteiger partial charge in [0.2, 0.25) is 5.91 Å². The first kappa shape index (κ1) is 20.9. The Morgan fingerprint density at radius 3 is 2.55 bits per heavy atom. The number of H-pyrrole nitrogens is 1. The molecule has 1 aliphatic rings. The number of carbonyl (C=O) groups is 2. The summed E-state index contributed by atoms with van der Waals surface area (Å²) in [6, 6.07) is 8.36. The third-order valence-corrected chi connectivity index (χ3v) is 4.91. The Morgan fingerprint density at radius 1 is 1.21 bits per heavy atom. The van der Waals surface area contributed by atoms with Gasteiger partial charge in [0.05, 0.1) is 12.2 Å². The van der Waals surface area contributed by atoms with Gasteiger partial charge >= 0.3 is 6.09 Å². The van der Waals surface area contributed by atoms with Crippen LogP contribution in [0.5, 0.6) is 0 Å². The second-order valence-corrected chi connectivity index (χ2v) is 8.40. The lowest BCUT2D eigenvalue weighted by molar-refractivity contribution is -0.116. The lowest BCUT2D eigenvalue weighted by Crippen LogP contribution is -2.39. The fourth-order valence-electron chi connectivity index (χ4n) is 3.30. The molecule has 29 heavy (non-hydrogen) atoms. The van der Waals surface area contributed by atoms with Gasteiger partial charge in [-0.2, -0.15) is 5.10 Å². The number of ether oxygens (including phenoxy) is 1. The van der Waals surface area contributed by atoms with Gasteiger partial charge in [-0.1, -0.05) is 31.2 Å². The van der Waals surface area contributed by atoms with Crippen LogP contribution < -0.4 is 5.32 Å². The van der Waals surface area contributed by atoms with Gasteiger partial charge < -0.3 is 15.0 Å². The molecular weight excluding hydrogens is 368 g/mol. The summed E-state index contributed by atoms with van der Waals surface area (Å²) in [7, 11) is 0. The summed E-state index contributed by atoms with van der Waals surface area (Å²) in [5.74, 6) is 0.503. The van der Waals surface area contributed by atoms with Crippen LogP contribution >= 0.6 is 0 Å². The van der Waals surface area contributed by atoms with E-state index in [2.05, 4.69) is 46.7 Å². The van der Waals surface area contributed by atoms with Crippen LogP contribution in [-0.2, 0) is 35.3 Å². The maximum absolute atomic E-state index is 12.4. The molecule has 0 aliphatic carbocycles. The van der Waals surface area contributed by atoms with E-state index >= 15 is 0 Å². The fourth-order valence-corrected chi connectivity index (χ4v) is 3.30. The van der Waals surface area contributed by atoms with Crippen molar-refractivity contribution < 1.29 is 14.3 Å². The second kappa shape index (κ2) is 8.68. The zero-order valence-electron chi connectivity index (χ0n) is 17.7. The molecule has 3 rings (SSSR count). The first-order chi connectivity index (χ1) is 13.7. The third kappa shape index (κ3) is 5.59. The van der Waals surface area contributed by atoms with Gasteiger partial charge in [-0.15, -0.1) is 0 Å². The molecule has 7 heteroatoms. The minimum Gasteiger partial charge on any atom is -0.444 e. The van der Waals surface area contributed by atoms with Gasteiger partial charge in [0, 0.05) is 18.5 Å². The van der Waals surface area contributed by atoms with E-state index in [4.69, 9.17) is 4.74 Å². The Bertz CT molecular complexity index is 865. The van der Waals surface area contributed by atoms with Crippen LogP contribution in [0.2, 0.25) is 0 Å². The zero-order valence-corrected chi connectivity index (χ0v) is 17.7. The standard InChI is InChI=1S/C22H30N4O3/c1-5-15-6-8-16(9-7-15)10-11-19(27)23-20-17-12-13-26(14-18(17)24-25-20)21(28)29-22(2,3)4/h6-9H,5,10-14H2,1-4H3,(H2,23,24,25,27). The molecule has 1 aromatic carbocycles. The van der Waals surface area contributed by atoms with Crippen LogP contribution in [0, 0.1) is 0 Å². The highest BCUT2D eigenvalue weighted by Crippen LogP contribution is 2.25. The number of aromatic nitrogens is 2. The van der Waals surface area contributed by atoms with Crippen molar-refractivity contribution in [3.05, 3.63) is 46.6 Å². The number of fused-ring (bicyclic) bond motifs is 1. The number of amides is 2. The highest BCUT2D eigenvalue weighted by atomic mass is 16.6. The van der Waals surface area contributed by atoms with Crippen molar-refractivity contribution in [3.63, 3.8) is 0 Å². The maximum atomic E-state index is 12.4. The van der Waals surface area contributed by atoms with Crippen LogP contribution in [0.1, 0.15) is 56.5 Å². The van der Waals surface area contributed by atoms with E-state index in [1.54, 1.807) is 4.90 Å². The Morgan fingerprint density at radius 2 is 1.90 bits per heavy atom. The summed E-state index contributed by atoms with van der Waals surface area (Å²) in [6.45, 7) is 8.61. The Kier molecular flexibility index (Phi) is 6.25. The molecule has 0 radical (unpaired) electrons. The summed E-state index contributed by atoms with van der Waals surface area (Å²) in [6.07, 6.45) is 2.39. The minimum atomic E-state index is -0.526. The van der Waals surface area contributed by atoms with E-state index in [0.717, 1.165) is 23.2 Å². The zero-order chi connectivity index (χ0) is 21.0. The molecule has 2 aromatic rings. The number of carbonyl (C=O) groups excluding carboxylic acids is 2. The van der Waals surface area contributed by atoms with Gasteiger partial charge in [0.15, 0.2) is 5.82 Å². The monoisotopic (exact) mass is 398 g/mol. The van der Waals surface area contributed by atoms with Crippen molar-refractivity contribution in [2.24, 2.45) is 0 Å². The number of rotatable bonds is 5. The van der Waals surface area contributed by atoms with Crippen molar-refractivity contribution in [2.75, 3.05) is 11.9 Å². The van der Waals surface area contributed by atoms with Gasteiger partial charge in [-0.25, -0.2) is 4.79 Å². The first-order valence-corrected chi connectivity index (χ1v) is 10.2. The number of aromatic amines is 1. The van der Waals surface area contributed by atoms with E-state index < -0.39 is 5.60 Å². The molecule has 0 atom stereocenters. The van der Waals surface area contributed by atoms with Crippen LogP contribution in [-0.4, -0.2) is 39.2 Å². The molecule has 1 aromatic heterocycles. The largest absolute Gasteiger partial charge is 0.444 e. The number of hydrogen-bond donors (Lipinski definition) is 2. The molecule has 156 valence electrons. The molecule has 2 heterocycles. The van der Waals surface area contributed by atoms with Crippen LogP contribution in [0.15, 0.2) is 24.3 Å². The fraction of sp³-hybridized carbons (Fsp3) is 0.500. The molecular formula is C22H30N4O3. The van der Waals surface area contributed by atoms with E-state index in [1.165, 1.54) is 5.56 Å². The smallest absolute Gasteiger partial charge is 0.410 e. The van der Waals surface area contributed by atoms with Crippen molar-refractivity contribution in [2.45, 2.75) is 65.5 Å². The molecule has 0 unspecified atom stereocenters. The van der Waals surface area contributed by atoms with E-state index in [1.807, 2.05) is 20.8 Å². The summed E-state index contributed by atoms with van der Waals surface area (Å²) in [5.41, 5.74) is 3.72. The molecule has 0 saturated heterocycles. The first-order valence-electron chi connectivity index (χ1n) is 10.2. The number of anilines is 1. The van der Waals surface area contributed by atoms with Crippen molar-refractivity contribution in [3.8, 4) is 0 Å². The lowest BCUT2D eigenvalue weighted by Gasteiger charge is -2.29. The van der Waals surface area contributed by atoms with Gasteiger partial charge in [0.1, 0.15) is 5.60 Å². The molecule has 2 amide bonds. The van der Waals surface area contributed by atoms with Crippen molar-refractivity contribution in [1.29, 1.82) is 0 Å². The summed E-state index contributed by atoms with van der Waals surface area (Å²) < 4.78 is 5.43. The molecule has 7 nitrogen and oxygen atoms in total. The normalized spacial score (nSPS) is 13.7. The van der Waals surface area contributed by atoms with Gasteiger partial charge in [-0.3, -0.25) is 9.89 Å². The highest BCUT2D eigenvalue weighted by molar-refractivity contribution is 5.90. The highest BCUT2D eigenvalue weighted by Gasteiger charge is 2.28. The van der Waals surface area contributed by atoms with Crippen molar-refractivity contribution >= 4 is 17.8 Å². The van der Waals surface area contributed by atoms with Crippen LogP contribution in [0.4, 0.5) is 10.6 Å². The SMILES string of the molecule is CCc1ccc(CCC(=O)Nc2n[nH]c3c2CCN(C(=O)OC(C)(C)C)C3)cc1. The van der Waals surface area contributed by atoms with Crippen molar-refractivity contribution in [1.82, 2.24) is 15.1 Å². The average molecular weight is 399 g/mol. The molecule has 0 bridgehead atoms. The van der Waals surface area contributed by atoms with Gasteiger partial charge in [0.25, 0.3) is 0 Å². The molecule has 0 spiro atoms. The molecule has 0 saturated carbocycles. The van der Waals surface area contributed by atoms with E-state index in [-0.39, 0.29) is 12.0 Å².